The molecule has 7 nitrogen and oxygen atoms in total. The molecule has 1 aromatic heterocycles. The fourth-order valence-corrected chi connectivity index (χ4v) is 2.25. The summed E-state index contributed by atoms with van der Waals surface area (Å²) in [5, 5.41) is 14.0. The fourth-order valence-electron chi connectivity index (χ4n) is 2.08. The average molecular weight is 374 g/mol. The number of ether oxygens (including phenoxy) is 1. The van der Waals surface area contributed by atoms with Crippen LogP contribution >= 0.6 is 11.6 Å². The van der Waals surface area contributed by atoms with Crippen molar-refractivity contribution in [1.29, 1.82) is 0 Å². The highest BCUT2D eigenvalue weighted by Crippen LogP contribution is 2.26. The summed E-state index contributed by atoms with van der Waals surface area (Å²) in [7, 11) is 1.30. The van der Waals surface area contributed by atoms with Crippen molar-refractivity contribution in [3.63, 3.8) is 0 Å². The smallest absolute Gasteiger partial charge is 0.337 e. The van der Waals surface area contributed by atoms with Gasteiger partial charge in [0, 0.05) is 5.69 Å². The first-order valence-corrected chi connectivity index (χ1v) is 7.80. The van der Waals surface area contributed by atoms with Crippen LogP contribution in [0.4, 0.5) is 27.5 Å². The van der Waals surface area contributed by atoms with Crippen molar-refractivity contribution in [2.24, 2.45) is 0 Å². The molecule has 0 aliphatic heterocycles. The minimum atomic E-state index is -0.482. The van der Waals surface area contributed by atoms with Gasteiger partial charge in [-0.2, -0.15) is 10.1 Å². The third-order valence-electron chi connectivity index (χ3n) is 3.31. The van der Waals surface area contributed by atoms with Crippen molar-refractivity contribution >= 4 is 40.7 Å². The number of carbonyl (C=O) groups is 1. The van der Waals surface area contributed by atoms with Crippen molar-refractivity contribution in [1.82, 2.24) is 15.2 Å². The fraction of sp³-hybridized carbons (Fsp3) is 0.0588. The molecule has 0 unspecified atom stereocenters. The average Bonchev–Trinajstić information content (AvgIpc) is 2.65. The number of carbonyl (C=O) groups excluding carboxylic acids is 1. The van der Waals surface area contributed by atoms with Gasteiger partial charge in [-0.05, 0) is 42.5 Å². The number of methoxy groups -OCH3 is 1. The van der Waals surface area contributed by atoms with Crippen LogP contribution in [0.2, 0.25) is 5.02 Å². The summed E-state index contributed by atoms with van der Waals surface area (Å²) in [6.07, 6.45) is 1.40. The van der Waals surface area contributed by atoms with E-state index in [-0.39, 0.29) is 11.8 Å². The van der Waals surface area contributed by atoms with Crippen LogP contribution in [0, 0.1) is 5.82 Å². The first-order valence-electron chi connectivity index (χ1n) is 7.42. The van der Waals surface area contributed by atoms with E-state index in [1.165, 1.54) is 25.4 Å². The van der Waals surface area contributed by atoms with Crippen molar-refractivity contribution < 1.29 is 13.9 Å². The maximum absolute atomic E-state index is 13.0. The van der Waals surface area contributed by atoms with E-state index in [9.17, 15) is 9.18 Å². The maximum atomic E-state index is 13.0. The zero-order valence-electron chi connectivity index (χ0n) is 13.5. The molecular formula is C17H13ClFN5O2. The number of nitrogens with zero attached hydrogens (tertiary/aromatic N) is 3. The minimum absolute atomic E-state index is 0.210. The molecule has 0 radical (unpaired) electrons. The summed E-state index contributed by atoms with van der Waals surface area (Å²) < 4.78 is 17.6. The van der Waals surface area contributed by atoms with Crippen LogP contribution < -0.4 is 10.6 Å². The van der Waals surface area contributed by atoms with E-state index in [4.69, 9.17) is 16.3 Å². The number of rotatable bonds is 5. The molecule has 1 heterocycles. The van der Waals surface area contributed by atoms with Crippen LogP contribution in [0.1, 0.15) is 10.4 Å². The summed E-state index contributed by atoms with van der Waals surface area (Å²) in [4.78, 5) is 15.9. The largest absolute Gasteiger partial charge is 0.465 e. The summed E-state index contributed by atoms with van der Waals surface area (Å²) in [5.41, 5.74) is 1.41. The van der Waals surface area contributed by atoms with E-state index in [2.05, 4.69) is 25.8 Å². The van der Waals surface area contributed by atoms with Crippen LogP contribution in [0.15, 0.2) is 48.7 Å². The lowest BCUT2D eigenvalue weighted by Gasteiger charge is -2.10. The third kappa shape index (κ3) is 4.22. The van der Waals surface area contributed by atoms with E-state index in [1.807, 2.05) is 0 Å². The number of benzene rings is 2. The minimum Gasteiger partial charge on any atom is -0.465 e. The molecule has 0 aliphatic rings. The molecule has 0 atom stereocenters. The van der Waals surface area contributed by atoms with Gasteiger partial charge in [0.2, 0.25) is 5.95 Å². The maximum Gasteiger partial charge on any atom is 0.337 e. The van der Waals surface area contributed by atoms with Gasteiger partial charge in [-0.3, -0.25) is 0 Å². The van der Waals surface area contributed by atoms with Gasteiger partial charge in [0.15, 0.2) is 5.82 Å². The van der Waals surface area contributed by atoms with Crippen molar-refractivity contribution in [3.8, 4) is 0 Å². The molecule has 0 aliphatic carbocycles. The molecule has 0 bridgehead atoms. The first kappa shape index (κ1) is 17.6. The SMILES string of the molecule is COC(=O)c1ccc(Cl)c(Nc2cnnc(Nc3ccc(F)cc3)n2)c1. The molecule has 0 amide bonds. The highest BCUT2D eigenvalue weighted by Gasteiger charge is 2.10. The Morgan fingerprint density at radius 2 is 1.92 bits per heavy atom. The second-order valence-corrected chi connectivity index (χ2v) is 5.52. The summed E-state index contributed by atoms with van der Waals surface area (Å²) >= 11 is 6.15. The number of hydrogen-bond donors (Lipinski definition) is 2. The van der Waals surface area contributed by atoms with Crippen LogP contribution in [0.3, 0.4) is 0 Å². The number of halogens is 2. The van der Waals surface area contributed by atoms with E-state index >= 15 is 0 Å². The van der Waals surface area contributed by atoms with E-state index < -0.39 is 5.97 Å². The van der Waals surface area contributed by atoms with Crippen molar-refractivity contribution in [3.05, 3.63) is 65.1 Å². The van der Waals surface area contributed by atoms with Gasteiger partial charge in [0.25, 0.3) is 0 Å². The Morgan fingerprint density at radius 1 is 1.15 bits per heavy atom. The van der Waals surface area contributed by atoms with Gasteiger partial charge in [0.05, 0.1) is 29.6 Å². The number of nitrogens with one attached hydrogen (secondary N) is 2. The Kier molecular flexibility index (Phi) is 5.23. The van der Waals surface area contributed by atoms with Gasteiger partial charge in [0.1, 0.15) is 5.82 Å². The molecular weight excluding hydrogens is 361 g/mol. The van der Waals surface area contributed by atoms with Gasteiger partial charge >= 0.3 is 5.97 Å². The second-order valence-electron chi connectivity index (χ2n) is 5.11. The molecule has 2 aromatic carbocycles. The zero-order chi connectivity index (χ0) is 18.5. The number of esters is 1. The highest BCUT2D eigenvalue weighted by molar-refractivity contribution is 6.33. The van der Waals surface area contributed by atoms with E-state index in [1.54, 1.807) is 30.3 Å². The molecule has 2 N–H and O–H groups in total. The Morgan fingerprint density at radius 3 is 2.65 bits per heavy atom. The quantitative estimate of drug-likeness (QED) is 0.655. The van der Waals surface area contributed by atoms with Gasteiger partial charge in [-0.15, -0.1) is 5.10 Å². The zero-order valence-corrected chi connectivity index (χ0v) is 14.3. The summed E-state index contributed by atoms with van der Waals surface area (Å²) in [6.45, 7) is 0. The van der Waals surface area contributed by atoms with Gasteiger partial charge < -0.3 is 15.4 Å². The molecule has 0 saturated heterocycles. The van der Waals surface area contributed by atoms with Crippen molar-refractivity contribution in [2.75, 3.05) is 17.7 Å². The van der Waals surface area contributed by atoms with Crippen LogP contribution in [0.5, 0.6) is 0 Å². The second kappa shape index (κ2) is 7.75. The molecule has 0 spiro atoms. The molecule has 26 heavy (non-hydrogen) atoms. The standard InChI is InChI=1S/C17H13ClFN5O2/c1-26-16(25)10-2-7-13(18)14(8-10)22-15-9-20-24-17(23-15)21-12-5-3-11(19)4-6-12/h2-9H,1H3,(H2,21,22,23,24). The van der Waals surface area contributed by atoms with Crippen LogP contribution in [-0.4, -0.2) is 28.3 Å². The third-order valence-corrected chi connectivity index (χ3v) is 3.64. The van der Waals surface area contributed by atoms with E-state index in [0.29, 0.717) is 27.8 Å². The predicted octanol–water partition coefficient (Wildman–Crippen LogP) is 3.94. The molecule has 3 aromatic rings. The Hall–Kier alpha value is -3.26. The van der Waals surface area contributed by atoms with Crippen LogP contribution in [0.25, 0.3) is 0 Å². The Bertz CT molecular complexity index is 937. The first-order chi connectivity index (χ1) is 12.5. The molecule has 9 heteroatoms. The lowest BCUT2D eigenvalue weighted by Crippen LogP contribution is -2.04. The van der Waals surface area contributed by atoms with Crippen molar-refractivity contribution in [2.45, 2.75) is 0 Å². The Balaban J connectivity index is 1.80. The van der Waals surface area contributed by atoms with E-state index in [0.717, 1.165) is 0 Å². The van der Waals surface area contributed by atoms with Crippen LogP contribution in [-0.2, 0) is 4.74 Å². The lowest BCUT2D eigenvalue weighted by atomic mass is 10.2. The van der Waals surface area contributed by atoms with Gasteiger partial charge in [-0.25, -0.2) is 9.18 Å². The predicted molar refractivity (Wildman–Crippen MR) is 95.6 cm³/mol. The topological polar surface area (TPSA) is 89.0 Å². The molecule has 0 saturated carbocycles. The summed E-state index contributed by atoms with van der Waals surface area (Å²) in [6, 6.07) is 10.4. The summed E-state index contributed by atoms with van der Waals surface area (Å²) in [5.74, 6) is -0.260. The highest BCUT2D eigenvalue weighted by atomic mass is 35.5. The normalized spacial score (nSPS) is 10.3. The number of hydrogen-bond acceptors (Lipinski definition) is 7. The number of anilines is 4. The lowest BCUT2D eigenvalue weighted by molar-refractivity contribution is 0.0601. The molecule has 132 valence electrons. The molecule has 3 rings (SSSR count). The molecule has 0 fully saturated rings. The number of aromatic nitrogens is 3. The monoisotopic (exact) mass is 373 g/mol. The Labute approximate surface area is 153 Å². The van der Waals surface area contributed by atoms with Gasteiger partial charge in [-0.1, -0.05) is 11.6 Å².